The molecule has 0 radical (unpaired) electrons. The molecule has 0 amide bonds. The highest BCUT2D eigenvalue weighted by molar-refractivity contribution is 6.01. The van der Waals surface area contributed by atoms with Crippen molar-refractivity contribution in [2.45, 2.75) is 32.6 Å². The maximum atomic E-state index is 13.1. The SMILES string of the molecule is C=CC(Cc1ccccc1C(=O)C(C)(C)C)(c1ccccc1)c1ccccc1. The lowest BCUT2D eigenvalue weighted by atomic mass is 9.69. The van der Waals surface area contributed by atoms with Crippen LogP contribution in [-0.2, 0) is 11.8 Å². The molecule has 0 saturated heterocycles. The van der Waals surface area contributed by atoms with E-state index < -0.39 is 10.8 Å². The van der Waals surface area contributed by atoms with Gasteiger partial charge >= 0.3 is 0 Å². The van der Waals surface area contributed by atoms with Crippen LogP contribution in [0.3, 0.4) is 0 Å². The lowest BCUT2D eigenvalue weighted by Gasteiger charge is -2.33. The monoisotopic (exact) mass is 368 g/mol. The molecule has 0 N–H and O–H groups in total. The van der Waals surface area contributed by atoms with Crippen LogP contribution in [0.5, 0.6) is 0 Å². The molecule has 142 valence electrons. The summed E-state index contributed by atoms with van der Waals surface area (Å²) in [5, 5.41) is 0. The van der Waals surface area contributed by atoms with E-state index in [2.05, 4.69) is 61.2 Å². The number of hydrogen-bond acceptors (Lipinski definition) is 1. The van der Waals surface area contributed by atoms with Gasteiger partial charge in [-0.1, -0.05) is 112 Å². The fraction of sp³-hybridized carbons (Fsp3) is 0.222. The number of Topliss-reactive ketones (excluding diaryl/α,β-unsaturated/α-hetero) is 1. The van der Waals surface area contributed by atoms with E-state index in [9.17, 15) is 4.79 Å². The van der Waals surface area contributed by atoms with Gasteiger partial charge in [-0.15, -0.1) is 6.58 Å². The maximum Gasteiger partial charge on any atom is 0.168 e. The minimum Gasteiger partial charge on any atom is -0.294 e. The molecular weight excluding hydrogens is 340 g/mol. The second-order valence-electron chi connectivity index (χ2n) is 8.32. The van der Waals surface area contributed by atoms with Gasteiger partial charge in [-0.2, -0.15) is 0 Å². The molecule has 0 bridgehead atoms. The summed E-state index contributed by atoms with van der Waals surface area (Å²) in [4.78, 5) is 13.1. The van der Waals surface area contributed by atoms with Crippen molar-refractivity contribution in [2.75, 3.05) is 0 Å². The molecule has 1 nitrogen and oxygen atoms in total. The van der Waals surface area contributed by atoms with E-state index in [0.29, 0.717) is 6.42 Å². The first-order valence-corrected chi connectivity index (χ1v) is 9.76. The fourth-order valence-electron chi connectivity index (χ4n) is 3.75. The Morgan fingerprint density at radius 2 is 1.25 bits per heavy atom. The second kappa shape index (κ2) is 7.98. The predicted molar refractivity (Wildman–Crippen MR) is 118 cm³/mol. The van der Waals surface area contributed by atoms with Gasteiger partial charge in [0.1, 0.15) is 0 Å². The molecule has 0 fully saturated rings. The molecule has 0 spiro atoms. The first kappa shape index (κ1) is 19.8. The smallest absolute Gasteiger partial charge is 0.168 e. The topological polar surface area (TPSA) is 17.1 Å². The number of carbonyl (C=O) groups excluding carboxylic acids is 1. The van der Waals surface area contributed by atoms with Gasteiger partial charge < -0.3 is 0 Å². The Balaban J connectivity index is 2.18. The Bertz CT molecular complexity index is 907. The molecule has 0 unspecified atom stereocenters. The van der Waals surface area contributed by atoms with E-state index in [1.165, 1.54) is 11.1 Å². The van der Waals surface area contributed by atoms with Crippen LogP contribution < -0.4 is 0 Å². The van der Waals surface area contributed by atoms with E-state index in [4.69, 9.17) is 0 Å². The summed E-state index contributed by atoms with van der Waals surface area (Å²) in [7, 11) is 0. The minimum atomic E-state index is -0.424. The van der Waals surface area contributed by atoms with Gasteiger partial charge in [-0.25, -0.2) is 0 Å². The minimum absolute atomic E-state index is 0.169. The van der Waals surface area contributed by atoms with Crippen molar-refractivity contribution in [1.82, 2.24) is 0 Å². The van der Waals surface area contributed by atoms with Crippen LogP contribution in [0.15, 0.2) is 97.6 Å². The third-order valence-corrected chi connectivity index (χ3v) is 5.34. The fourth-order valence-corrected chi connectivity index (χ4v) is 3.75. The number of benzene rings is 3. The van der Waals surface area contributed by atoms with Gasteiger partial charge in [0.05, 0.1) is 0 Å². The molecular formula is C27H28O. The Labute approximate surface area is 168 Å². The predicted octanol–water partition coefficient (Wildman–Crippen LogP) is 6.63. The Hall–Kier alpha value is -2.93. The molecule has 0 atom stereocenters. The van der Waals surface area contributed by atoms with Crippen LogP contribution in [0.1, 0.15) is 47.8 Å². The molecule has 0 saturated carbocycles. The molecule has 1 heteroatoms. The zero-order valence-corrected chi connectivity index (χ0v) is 17.0. The van der Waals surface area contributed by atoms with E-state index in [1.54, 1.807) is 0 Å². The van der Waals surface area contributed by atoms with E-state index in [0.717, 1.165) is 11.1 Å². The molecule has 3 aromatic rings. The van der Waals surface area contributed by atoms with Gasteiger partial charge in [0, 0.05) is 16.4 Å². The third kappa shape index (κ3) is 3.84. The quantitative estimate of drug-likeness (QED) is 0.352. The van der Waals surface area contributed by atoms with Gasteiger partial charge in [0.25, 0.3) is 0 Å². The zero-order valence-electron chi connectivity index (χ0n) is 17.0. The first-order chi connectivity index (χ1) is 13.4. The van der Waals surface area contributed by atoms with E-state index in [-0.39, 0.29) is 5.78 Å². The van der Waals surface area contributed by atoms with Crippen LogP contribution in [0.2, 0.25) is 0 Å². The largest absolute Gasteiger partial charge is 0.294 e. The van der Waals surface area contributed by atoms with Crippen molar-refractivity contribution in [3.63, 3.8) is 0 Å². The third-order valence-electron chi connectivity index (χ3n) is 5.34. The number of rotatable bonds is 6. The second-order valence-corrected chi connectivity index (χ2v) is 8.32. The summed E-state index contributed by atoms with van der Waals surface area (Å²) in [6, 6.07) is 28.8. The van der Waals surface area contributed by atoms with Gasteiger partial charge in [-0.3, -0.25) is 4.79 Å². The highest BCUT2D eigenvalue weighted by Crippen LogP contribution is 2.38. The Morgan fingerprint density at radius 1 is 0.786 bits per heavy atom. The first-order valence-electron chi connectivity index (χ1n) is 9.76. The van der Waals surface area contributed by atoms with Crippen molar-refractivity contribution in [1.29, 1.82) is 0 Å². The summed E-state index contributed by atoms with van der Waals surface area (Å²) < 4.78 is 0. The van der Waals surface area contributed by atoms with Crippen LogP contribution in [0, 0.1) is 5.41 Å². The summed E-state index contributed by atoms with van der Waals surface area (Å²) in [5.74, 6) is 0.169. The van der Waals surface area contributed by atoms with Crippen molar-refractivity contribution in [2.24, 2.45) is 5.41 Å². The Kier molecular flexibility index (Phi) is 5.65. The highest BCUT2D eigenvalue weighted by Gasteiger charge is 2.33. The molecule has 0 aliphatic carbocycles. The van der Waals surface area contributed by atoms with Crippen LogP contribution in [0.25, 0.3) is 0 Å². The highest BCUT2D eigenvalue weighted by atomic mass is 16.1. The molecule has 3 rings (SSSR count). The van der Waals surface area contributed by atoms with Gasteiger partial charge in [0.2, 0.25) is 0 Å². The summed E-state index contributed by atoms with van der Waals surface area (Å²) in [6.07, 6.45) is 2.71. The lowest BCUT2D eigenvalue weighted by Crippen LogP contribution is -2.30. The number of ketones is 1. The standard InChI is InChI=1S/C27H28O/c1-5-27(22-15-8-6-9-16-22,23-17-10-7-11-18-23)20-21-14-12-13-19-24(21)25(28)26(2,3)4/h5-19H,1,20H2,2-4H3. The number of hydrogen-bond donors (Lipinski definition) is 0. The van der Waals surface area contributed by atoms with Crippen LogP contribution in [-0.4, -0.2) is 5.78 Å². The van der Waals surface area contributed by atoms with Crippen molar-refractivity contribution in [3.8, 4) is 0 Å². The number of carbonyl (C=O) groups is 1. The molecule has 0 heterocycles. The zero-order chi connectivity index (χ0) is 20.2. The summed E-state index contributed by atoms with van der Waals surface area (Å²) >= 11 is 0. The van der Waals surface area contributed by atoms with Gasteiger partial charge in [-0.05, 0) is 23.1 Å². The van der Waals surface area contributed by atoms with Crippen molar-refractivity contribution in [3.05, 3.63) is 120 Å². The maximum absolute atomic E-state index is 13.1. The average molecular weight is 369 g/mol. The van der Waals surface area contributed by atoms with Crippen LogP contribution >= 0.6 is 0 Å². The van der Waals surface area contributed by atoms with E-state index >= 15 is 0 Å². The summed E-state index contributed by atoms with van der Waals surface area (Å²) in [5.41, 5.74) is 3.37. The van der Waals surface area contributed by atoms with Crippen molar-refractivity contribution >= 4 is 5.78 Å². The summed E-state index contributed by atoms with van der Waals surface area (Å²) in [6.45, 7) is 10.1. The molecule has 0 aliphatic rings. The molecule has 0 aromatic heterocycles. The molecule has 3 aromatic carbocycles. The Morgan fingerprint density at radius 3 is 1.71 bits per heavy atom. The van der Waals surface area contributed by atoms with E-state index in [1.807, 2.05) is 57.2 Å². The normalized spacial score (nSPS) is 11.8. The number of allylic oxidation sites excluding steroid dienone is 1. The molecule has 28 heavy (non-hydrogen) atoms. The lowest BCUT2D eigenvalue weighted by molar-refractivity contribution is 0.0857. The van der Waals surface area contributed by atoms with Crippen molar-refractivity contribution < 1.29 is 4.79 Å². The molecule has 0 aliphatic heterocycles. The average Bonchev–Trinajstić information content (AvgIpc) is 2.72. The van der Waals surface area contributed by atoms with Crippen LogP contribution in [0.4, 0.5) is 0 Å². The van der Waals surface area contributed by atoms with Gasteiger partial charge in [0.15, 0.2) is 5.78 Å².